The van der Waals surface area contributed by atoms with E-state index < -0.39 is 6.18 Å². The van der Waals surface area contributed by atoms with Gasteiger partial charge in [-0.25, -0.2) is 0 Å². The third-order valence-corrected chi connectivity index (χ3v) is 2.69. The molecule has 0 heterocycles. The summed E-state index contributed by atoms with van der Waals surface area (Å²) >= 11 is 16.7. The molecule has 0 nitrogen and oxygen atoms in total. The highest BCUT2D eigenvalue weighted by Gasteiger charge is 2.30. The lowest BCUT2D eigenvalue weighted by Crippen LogP contribution is -2.09. The molecule has 0 aliphatic carbocycles. The minimum atomic E-state index is -4.43. The Hall–Kier alpha value is -0.120. The van der Waals surface area contributed by atoms with Gasteiger partial charge in [0.2, 0.25) is 0 Å². The maximum absolute atomic E-state index is 12.0. The molecular weight excluding hydrogens is 259 g/mol. The van der Waals surface area contributed by atoms with Gasteiger partial charge < -0.3 is 0 Å². The van der Waals surface area contributed by atoms with Gasteiger partial charge in [0, 0.05) is 0 Å². The molecule has 0 bridgehead atoms. The molecule has 6 heteroatoms. The van der Waals surface area contributed by atoms with Crippen molar-refractivity contribution < 1.29 is 13.2 Å². The molecule has 0 spiro atoms. The van der Waals surface area contributed by atoms with Gasteiger partial charge in [-0.3, -0.25) is 0 Å². The molecule has 0 saturated heterocycles. The molecule has 0 aliphatic heterocycles. The van der Waals surface area contributed by atoms with Crippen molar-refractivity contribution >= 4 is 34.8 Å². The summed E-state index contributed by atoms with van der Waals surface area (Å²) in [7, 11) is 0. The topological polar surface area (TPSA) is 0 Å². The standard InChI is InChI=1S/C8H3Cl3F3/c9-5-2-1-4(3-8(12,13)14)6(10)7(5)11/h1-3H. The van der Waals surface area contributed by atoms with E-state index in [4.69, 9.17) is 34.8 Å². The molecule has 1 radical (unpaired) electrons. The van der Waals surface area contributed by atoms with Crippen molar-refractivity contribution in [2.45, 2.75) is 6.18 Å². The molecule has 14 heavy (non-hydrogen) atoms. The molecule has 1 rings (SSSR count). The maximum atomic E-state index is 12.0. The van der Waals surface area contributed by atoms with Gasteiger partial charge in [-0.1, -0.05) is 40.9 Å². The van der Waals surface area contributed by atoms with Gasteiger partial charge >= 0.3 is 6.18 Å². The lowest BCUT2D eigenvalue weighted by atomic mass is 10.1. The van der Waals surface area contributed by atoms with Crippen molar-refractivity contribution in [3.05, 3.63) is 39.2 Å². The van der Waals surface area contributed by atoms with E-state index in [1.807, 2.05) is 0 Å². The molecule has 77 valence electrons. The van der Waals surface area contributed by atoms with Gasteiger partial charge in [-0.05, 0) is 11.6 Å². The van der Waals surface area contributed by atoms with Gasteiger partial charge in [0.15, 0.2) is 0 Å². The van der Waals surface area contributed by atoms with Gasteiger partial charge in [0.1, 0.15) is 0 Å². The average molecular weight is 262 g/mol. The van der Waals surface area contributed by atoms with Gasteiger partial charge in [-0.2, -0.15) is 13.2 Å². The number of rotatable bonds is 1. The van der Waals surface area contributed by atoms with E-state index in [1.165, 1.54) is 6.07 Å². The lowest BCUT2D eigenvalue weighted by Gasteiger charge is -2.09. The van der Waals surface area contributed by atoms with Crippen molar-refractivity contribution in [3.63, 3.8) is 0 Å². The zero-order chi connectivity index (χ0) is 10.9. The van der Waals surface area contributed by atoms with Crippen LogP contribution in [0.15, 0.2) is 12.1 Å². The monoisotopic (exact) mass is 261 g/mol. The van der Waals surface area contributed by atoms with Gasteiger partial charge in [0.25, 0.3) is 0 Å². The molecule has 0 saturated carbocycles. The fraction of sp³-hybridized carbons (Fsp3) is 0.125. The van der Waals surface area contributed by atoms with Crippen molar-refractivity contribution in [2.75, 3.05) is 0 Å². The third kappa shape index (κ3) is 2.94. The van der Waals surface area contributed by atoms with E-state index in [2.05, 4.69) is 0 Å². The summed E-state index contributed by atoms with van der Waals surface area (Å²) in [5.74, 6) is 0. The summed E-state index contributed by atoms with van der Waals surface area (Å²) in [6, 6.07) is 2.41. The number of hydrogen-bond acceptors (Lipinski definition) is 0. The van der Waals surface area contributed by atoms with Crippen molar-refractivity contribution in [2.24, 2.45) is 0 Å². The molecule has 0 N–H and O–H groups in total. The quantitative estimate of drug-likeness (QED) is 0.640. The number of benzene rings is 1. The SMILES string of the molecule is FC(F)(F)[CH]c1ccc(Cl)c(Cl)c1Cl. The fourth-order valence-corrected chi connectivity index (χ4v) is 1.43. The van der Waals surface area contributed by atoms with Crippen LogP contribution < -0.4 is 0 Å². The van der Waals surface area contributed by atoms with Crippen molar-refractivity contribution in [3.8, 4) is 0 Å². The second kappa shape index (κ2) is 4.17. The zero-order valence-corrected chi connectivity index (χ0v) is 8.77. The minimum Gasteiger partial charge on any atom is -0.170 e. The first-order valence-electron chi connectivity index (χ1n) is 3.37. The highest BCUT2D eigenvalue weighted by atomic mass is 35.5. The summed E-state index contributed by atoms with van der Waals surface area (Å²) in [5, 5.41) is -0.154. The average Bonchev–Trinajstić information content (AvgIpc) is 2.04. The molecule has 1 aromatic carbocycles. The van der Waals surface area contributed by atoms with E-state index in [-0.39, 0.29) is 27.1 Å². The van der Waals surface area contributed by atoms with Crippen LogP contribution in [0.3, 0.4) is 0 Å². The molecule has 0 fully saturated rings. The van der Waals surface area contributed by atoms with E-state index >= 15 is 0 Å². The van der Waals surface area contributed by atoms with Crippen LogP contribution in [0.2, 0.25) is 15.1 Å². The summed E-state index contributed by atoms with van der Waals surface area (Å²) in [6.45, 7) is 0. The summed E-state index contributed by atoms with van der Waals surface area (Å²) in [4.78, 5) is 0. The predicted octanol–water partition coefficient (Wildman–Crippen LogP) is 4.76. The minimum absolute atomic E-state index is 0.0670. The Bertz CT molecular complexity index is 346. The summed E-state index contributed by atoms with van der Waals surface area (Å²) in [5.41, 5.74) is -0.200. The maximum Gasteiger partial charge on any atom is 0.396 e. The fourth-order valence-electron chi connectivity index (χ4n) is 0.829. The highest BCUT2D eigenvalue weighted by molar-refractivity contribution is 6.48. The van der Waals surface area contributed by atoms with Crippen molar-refractivity contribution in [1.82, 2.24) is 0 Å². The van der Waals surface area contributed by atoms with E-state index in [0.717, 1.165) is 6.07 Å². The Labute approximate surface area is 93.6 Å². The molecule has 0 unspecified atom stereocenters. The molecular formula is C8H3Cl3F3. The van der Waals surface area contributed by atoms with Gasteiger partial charge in [-0.15, -0.1) is 0 Å². The molecule has 1 aromatic rings. The largest absolute Gasteiger partial charge is 0.396 e. The van der Waals surface area contributed by atoms with Crippen LogP contribution in [0.25, 0.3) is 0 Å². The molecule has 0 atom stereocenters. The Morgan fingerprint density at radius 1 is 1.00 bits per heavy atom. The second-order valence-electron chi connectivity index (χ2n) is 2.45. The first-order valence-corrected chi connectivity index (χ1v) is 4.51. The van der Waals surface area contributed by atoms with Crippen LogP contribution in [0.4, 0.5) is 13.2 Å². The van der Waals surface area contributed by atoms with Crippen LogP contribution in [-0.4, -0.2) is 6.18 Å². The number of hydrogen-bond donors (Lipinski definition) is 0. The van der Waals surface area contributed by atoms with E-state index in [9.17, 15) is 13.2 Å². The van der Waals surface area contributed by atoms with Crippen LogP contribution >= 0.6 is 34.8 Å². The van der Waals surface area contributed by atoms with E-state index in [1.54, 1.807) is 0 Å². The van der Waals surface area contributed by atoms with Crippen LogP contribution in [0.5, 0.6) is 0 Å². The normalized spacial score (nSPS) is 11.9. The predicted molar refractivity (Wildman–Crippen MR) is 50.9 cm³/mol. The molecule has 0 aliphatic rings. The first kappa shape index (κ1) is 12.0. The Balaban J connectivity index is 3.06. The second-order valence-corrected chi connectivity index (χ2v) is 3.61. The van der Waals surface area contributed by atoms with Crippen molar-refractivity contribution in [1.29, 1.82) is 0 Å². The molecule has 0 amide bonds. The third-order valence-electron chi connectivity index (χ3n) is 1.38. The number of alkyl halides is 3. The van der Waals surface area contributed by atoms with E-state index in [0.29, 0.717) is 0 Å². The molecule has 0 aromatic heterocycles. The van der Waals surface area contributed by atoms with Gasteiger partial charge in [0.05, 0.1) is 21.5 Å². The lowest BCUT2D eigenvalue weighted by molar-refractivity contribution is -0.0927. The number of halogens is 6. The highest BCUT2D eigenvalue weighted by Crippen LogP contribution is 2.36. The zero-order valence-electron chi connectivity index (χ0n) is 6.50. The summed E-state index contributed by atoms with van der Waals surface area (Å²) < 4.78 is 35.9. The Kier molecular flexibility index (Phi) is 3.56. The smallest absolute Gasteiger partial charge is 0.170 e. The summed E-state index contributed by atoms with van der Waals surface area (Å²) in [6.07, 6.45) is -4.36. The first-order chi connectivity index (χ1) is 6.31. The van der Waals surface area contributed by atoms with Crippen LogP contribution in [0.1, 0.15) is 5.56 Å². The van der Waals surface area contributed by atoms with Crippen LogP contribution in [0, 0.1) is 6.42 Å². The Morgan fingerprint density at radius 3 is 2.07 bits per heavy atom. The Morgan fingerprint density at radius 2 is 1.57 bits per heavy atom. The van der Waals surface area contributed by atoms with Crippen LogP contribution in [-0.2, 0) is 0 Å².